The molecule has 1 atom stereocenters. The second kappa shape index (κ2) is 6.53. The summed E-state index contributed by atoms with van der Waals surface area (Å²) in [7, 11) is 4.87. The molecule has 2 aromatic rings. The molecule has 0 radical (unpaired) electrons. The van der Waals surface area contributed by atoms with E-state index in [4.69, 9.17) is 14.2 Å². The Bertz CT molecular complexity index is 551. The fourth-order valence-electron chi connectivity index (χ4n) is 1.55. The van der Waals surface area contributed by atoms with Crippen molar-refractivity contribution >= 4 is 22.2 Å². The van der Waals surface area contributed by atoms with Gasteiger partial charge in [0.25, 0.3) is 0 Å². The minimum absolute atomic E-state index is 0.0668. The third kappa shape index (κ3) is 3.37. The molecule has 1 aromatic carbocycles. The summed E-state index contributed by atoms with van der Waals surface area (Å²) in [4.78, 5) is 0. The number of rotatable bonds is 6. The standard InChI is InChI=1S/C13H17N3O3S/c1-8(17-2)12-15-16-13(20-12)14-9-5-10(18-3)7-11(6-9)19-4/h5-8H,1-4H3,(H,14,16). The topological polar surface area (TPSA) is 65.5 Å². The van der Waals surface area contributed by atoms with Gasteiger partial charge in [0, 0.05) is 31.0 Å². The van der Waals surface area contributed by atoms with Gasteiger partial charge in [-0.1, -0.05) is 11.3 Å². The van der Waals surface area contributed by atoms with Crippen molar-refractivity contribution in [1.82, 2.24) is 10.2 Å². The monoisotopic (exact) mass is 295 g/mol. The molecular formula is C13H17N3O3S. The smallest absolute Gasteiger partial charge is 0.210 e. The predicted octanol–water partition coefficient (Wildman–Crippen LogP) is 3.01. The number of hydrogen-bond acceptors (Lipinski definition) is 7. The van der Waals surface area contributed by atoms with Crippen molar-refractivity contribution in [2.75, 3.05) is 26.6 Å². The second-order valence-corrected chi connectivity index (χ2v) is 5.06. The lowest BCUT2D eigenvalue weighted by atomic mass is 10.3. The molecular weight excluding hydrogens is 278 g/mol. The summed E-state index contributed by atoms with van der Waals surface area (Å²) in [5, 5.41) is 12.9. The van der Waals surface area contributed by atoms with Crippen LogP contribution in [0.2, 0.25) is 0 Å². The maximum Gasteiger partial charge on any atom is 0.210 e. The molecule has 1 N–H and O–H groups in total. The molecule has 0 saturated heterocycles. The van der Waals surface area contributed by atoms with Crippen molar-refractivity contribution in [2.45, 2.75) is 13.0 Å². The third-order valence-corrected chi connectivity index (χ3v) is 3.74. The van der Waals surface area contributed by atoms with E-state index >= 15 is 0 Å². The Hall–Kier alpha value is -1.86. The second-order valence-electron chi connectivity index (χ2n) is 4.05. The van der Waals surface area contributed by atoms with Crippen molar-refractivity contribution in [3.63, 3.8) is 0 Å². The predicted molar refractivity (Wildman–Crippen MR) is 78.2 cm³/mol. The molecule has 1 unspecified atom stereocenters. The molecule has 20 heavy (non-hydrogen) atoms. The third-order valence-electron chi connectivity index (χ3n) is 2.74. The first-order valence-corrected chi connectivity index (χ1v) is 6.84. The molecule has 0 bridgehead atoms. The Balaban J connectivity index is 2.18. The molecule has 0 aliphatic heterocycles. The zero-order chi connectivity index (χ0) is 14.5. The molecule has 0 aliphatic carbocycles. The molecule has 1 aromatic heterocycles. The fourth-order valence-corrected chi connectivity index (χ4v) is 2.35. The van der Waals surface area contributed by atoms with Gasteiger partial charge < -0.3 is 19.5 Å². The van der Waals surface area contributed by atoms with E-state index in [9.17, 15) is 0 Å². The van der Waals surface area contributed by atoms with E-state index in [0.29, 0.717) is 16.6 Å². The van der Waals surface area contributed by atoms with Gasteiger partial charge in [-0.25, -0.2) is 0 Å². The van der Waals surface area contributed by atoms with Gasteiger partial charge in [-0.05, 0) is 6.92 Å². The van der Waals surface area contributed by atoms with E-state index in [2.05, 4.69) is 15.5 Å². The quantitative estimate of drug-likeness (QED) is 0.883. The summed E-state index contributed by atoms with van der Waals surface area (Å²) in [6, 6.07) is 5.54. The Morgan fingerprint density at radius 1 is 1.05 bits per heavy atom. The van der Waals surface area contributed by atoms with Crippen LogP contribution in [0.25, 0.3) is 0 Å². The molecule has 108 valence electrons. The summed E-state index contributed by atoms with van der Waals surface area (Å²) < 4.78 is 15.7. The fraction of sp³-hybridized carbons (Fsp3) is 0.385. The molecule has 2 rings (SSSR count). The van der Waals surface area contributed by atoms with Gasteiger partial charge in [-0.15, -0.1) is 10.2 Å². The van der Waals surface area contributed by atoms with Crippen LogP contribution in [0.3, 0.4) is 0 Å². The maximum atomic E-state index is 5.22. The van der Waals surface area contributed by atoms with Crippen LogP contribution in [0.4, 0.5) is 10.8 Å². The number of nitrogens with one attached hydrogen (secondary N) is 1. The number of benzene rings is 1. The lowest BCUT2D eigenvalue weighted by Crippen LogP contribution is -1.94. The van der Waals surface area contributed by atoms with E-state index in [0.717, 1.165) is 10.7 Å². The maximum absolute atomic E-state index is 5.22. The lowest BCUT2D eigenvalue weighted by molar-refractivity contribution is 0.118. The SMILES string of the molecule is COc1cc(Nc2nnc(C(C)OC)s2)cc(OC)c1. The van der Waals surface area contributed by atoms with Crippen molar-refractivity contribution < 1.29 is 14.2 Å². The van der Waals surface area contributed by atoms with Crippen LogP contribution in [-0.2, 0) is 4.74 Å². The first kappa shape index (κ1) is 14.5. The largest absolute Gasteiger partial charge is 0.497 e. The van der Waals surface area contributed by atoms with Gasteiger partial charge in [0.15, 0.2) is 0 Å². The number of aromatic nitrogens is 2. The van der Waals surface area contributed by atoms with Gasteiger partial charge >= 0.3 is 0 Å². The van der Waals surface area contributed by atoms with Crippen LogP contribution >= 0.6 is 11.3 Å². The molecule has 0 spiro atoms. The molecule has 7 heteroatoms. The Morgan fingerprint density at radius 3 is 2.25 bits per heavy atom. The van der Waals surface area contributed by atoms with Crippen LogP contribution in [-0.4, -0.2) is 31.5 Å². The lowest BCUT2D eigenvalue weighted by Gasteiger charge is -2.08. The van der Waals surface area contributed by atoms with Gasteiger partial charge in [0.05, 0.1) is 14.2 Å². The average molecular weight is 295 g/mol. The van der Waals surface area contributed by atoms with Crippen LogP contribution < -0.4 is 14.8 Å². The molecule has 0 fully saturated rings. The van der Waals surface area contributed by atoms with E-state index in [1.54, 1.807) is 21.3 Å². The highest BCUT2D eigenvalue weighted by atomic mass is 32.1. The Labute approximate surface area is 121 Å². The minimum atomic E-state index is -0.0668. The number of ether oxygens (including phenoxy) is 3. The van der Waals surface area contributed by atoms with Crippen molar-refractivity contribution in [3.8, 4) is 11.5 Å². The van der Waals surface area contributed by atoms with E-state index in [-0.39, 0.29) is 6.10 Å². The summed E-state index contributed by atoms with van der Waals surface area (Å²) in [5.41, 5.74) is 0.828. The normalized spacial score (nSPS) is 12.0. The highest BCUT2D eigenvalue weighted by Gasteiger charge is 2.11. The molecule has 0 aliphatic rings. The number of hydrogen-bond donors (Lipinski definition) is 1. The summed E-state index contributed by atoms with van der Waals surface area (Å²) >= 11 is 1.45. The van der Waals surface area contributed by atoms with Crippen LogP contribution in [0, 0.1) is 0 Å². The van der Waals surface area contributed by atoms with Gasteiger partial charge in [0.1, 0.15) is 22.6 Å². The summed E-state index contributed by atoms with van der Waals surface area (Å²) in [6.07, 6.45) is -0.0668. The number of methoxy groups -OCH3 is 3. The van der Waals surface area contributed by atoms with Crippen LogP contribution in [0.1, 0.15) is 18.0 Å². The first-order chi connectivity index (χ1) is 9.66. The highest BCUT2D eigenvalue weighted by molar-refractivity contribution is 7.15. The average Bonchev–Trinajstić information content (AvgIpc) is 2.94. The van der Waals surface area contributed by atoms with Crippen LogP contribution in [0.5, 0.6) is 11.5 Å². The van der Waals surface area contributed by atoms with Crippen LogP contribution in [0.15, 0.2) is 18.2 Å². The van der Waals surface area contributed by atoms with Gasteiger partial charge in [0.2, 0.25) is 5.13 Å². The Kier molecular flexibility index (Phi) is 4.75. The molecule has 6 nitrogen and oxygen atoms in total. The highest BCUT2D eigenvalue weighted by Crippen LogP contribution is 2.30. The molecule has 0 amide bonds. The first-order valence-electron chi connectivity index (χ1n) is 6.02. The number of nitrogens with zero attached hydrogens (tertiary/aromatic N) is 2. The zero-order valence-electron chi connectivity index (χ0n) is 11.8. The van der Waals surface area contributed by atoms with Crippen molar-refractivity contribution in [2.24, 2.45) is 0 Å². The molecule has 0 saturated carbocycles. The summed E-state index contributed by atoms with van der Waals surface area (Å²) in [6.45, 7) is 1.93. The van der Waals surface area contributed by atoms with Gasteiger partial charge in [-0.2, -0.15) is 0 Å². The van der Waals surface area contributed by atoms with Crippen molar-refractivity contribution in [3.05, 3.63) is 23.2 Å². The number of anilines is 2. The Morgan fingerprint density at radius 2 is 1.70 bits per heavy atom. The minimum Gasteiger partial charge on any atom is -0.497 e. The van der Waals surface area contributed by atoms with E-state index < -0.39 is 0 Å². The zero-order valence-corrected chi connectivity index (χ0v) is 12.7. The van der Waals surface area contributed by atoms with Gasteiger partial charge in [-0.3, -0.25) is 0 Å². The molecule has 1 heterocycles. The van der Waals surface area contributed by atoms with Crippen molar-refractivity contribution in [1.29, 1.82) is 0 Å². The van der Waals surface area contributed by atoms with E-state index in [1.807, 2.05) is 25.1 Å². The van der Waals surface area contributed by atoms with E-state index in [1.165, 1.54) is 11.3 Å². The summed E-state index contributed by atoms with van der Waals surface area (Å²) in [5.74, 6) is 1.42.